The fourth-order valence-electron chi connectivity index (χ4n) is 3.30. The van der Waals surface area contributed by atoms with Crippen molar-refractivity contribution in [3.63, 3.8) is 0 Å². The Morgan fingerprint density at radius 2 is 1.60 bits per heavy atom. The minimum absolute atomic E-state index is 0.420. The zero-order chi connectivity index (χ0) is 14.5. The van der Waals surface area contributed by atoms with Crippen molar-refractivity contribution < 1.29 is 0 Å². The second kappa shape index (κ2) is 6.89. The summed E-state index contributed by atoms with van der Waals surface area (Å²) in [6.45, 7) is 6.40. The Morgan fingerprint density at radius 1 is 1.05 bits per heavy atom. The molecule has 0 bridgehead atoms. The third-order valence-electron chi connectivity index (χ3n) is 4.19. The van der Waals surface area contributed by atoms with Crippen molar-refractivity contribution in [2.75, 3.05) is 0 Å². The Morgan fingerprint density at radius 3 is 2.10 bits per heavy atom. The number of hydrogen-bond acceptors (Lipinski definition) is 2. The van der Waals surface area contributed by atoms with E-state index in [0.29, 0.717) is 6.04 Å². The molecule has 110 valence electrons. The van der Waals surface area contributed by atoms with Gasteiger partial charge in [0.05, 0.1) is 6.04 Å². The summed E-state index contributed by atoms with van der Waals surface area (Å²) >= 11 is 0. The summed E-state index contributed by atoms with van der Waals surface area (Å²) in [7, 11) is 0. The highest BCUT2D eigenvalue weighted by Gasteiger charge is 2.15. The lowest BCUT2D eigenvalue weighted by atomic mass is 9.98. The summed E-state index contributed by atoms with van der Waals surface area (Å²) in [5.41, 5.74) is 7.78. The average molecular weight is 273 g/mol. The minimum atomic E-state index is 0.420. The molecule has 0 unspecified atom stereocenters. The highest BCUT2D eigenvalue weighted by molar-refractivity contribution is 6.01. The van der Waals surface area contributed by atoms with Gasteiger partial charge < -0.3 is 5.43 Å². The van der Waals surface area contributed by atoms with Crippen LogP contribution in [0.2, 0.25) is 0 Å². The molecule has 0 aliphatic heterocycles. The molecule has 0 radical (unpaired) electrons. The van der Waals surface area contributed by atoms with Crippen LogP contribution in [0.15, 0.2) is 17.1 Å². The average Bonchev–Trinajstić information content (AvgIpc) is 2.65. The molecule has 1 aromatic carbocycles. The van der Waals surface area contributed by atoms with Crippen LogP contribution in [0, 0.1) is 20.8 Å². The number of aryl methyl sites for hydroxylation is 3. The first-order valence-corrected chi connectivity index (χ1v) is 7.74. The predicted molar refractivity (Wildman–Crippen MR) is 86.0 cm³/mol. The smallest absolute Gasteiger partial charge is 0.143 e. The van der Waals surface area contributed by atoms with Crippen molar-refractivity contribution in [2.24, 2.45) is 10.8 Å². The predicted octanol–water partition coefficient (Wildman–Crippen LogP) is 3.54. The van der Waals surface area contributed by atoms with Crippen molar-refractivity contribution in [3.05, 3.63) is 34.4 Å². The largest absolute Gasteiger partial charge is 0.308 e. The minimum Gasteiger partial charge on any atom is -0.308 e. The van der Waals surface area contributed by atoms with Gasteiger partial charge in [-0.25, -0.2) is 5.84 Å². The standard InChI is InChI=1S/C17H27N3/c1-12-10-13(2)16(14(3)11-12)17(20-18)19-15-8-6-4-5-7-9-15/h10-11,15H,4-9,18H2,1-3H3,(H,19,20). The molecule has 0 saturated heterocycles. The van der Waals surface area contributed by atoms with E-state index in [1.54, 1.807) is 0 Å². The molecule has 0 aromatic heterocycles. The molecule has 3 N–H and O–H groups in total. The Bertz CT molecular complexity index is 460. The molecule has 3 heteroatoms. The van der Waals surface area contributed by atoms with E-state index in [2.05, 4.69) is 38.3 Å². The molecule has 20 heavy (non-hydrogen) atoms. The molecule has 0 heterocycles. The van der Waals surface area contributed by atoms with Crippen LogP contribution in [-0.2, 0) is 0 Å². The zero-order valence-corrected chi connectivity index (χ0v) is 13.0. The lowest BCUT2D eigenvalue weighted by Gasteiger charge is -2.17. The van der Waals surface area contributed by atoms with Gasteiger partial charge in [0.2, 0.25) is 0 Å². The van der Waals surface area contributed by atoms with Crippen LogP contribution in [0.25, 0.3) is 0 Å². The molecule has 0 amide bonds. The van der Waals surface area contributed by atoms with Gasteiger partial charge in [0, 0.05) is 5.56 Å². The summed E-state index contributed by atoms with van der Waals surface area (Å²) < 4.78 is 0. The fraction of sp³-hybridized carbons (Fsp3) is 0.588. The second-order valence-electron chi connectivity index (χ2n) is 6.04. The molecular formula is C17H27N3. The van der Waals surface area contributed by atoms with Gasteiger partial charge in [-0.15, -0.1) is 0 Å². The van der Waals surface area contributed by atoms with Crippen molar-refractivity contribution in [1.29, 1.82) is 0 Å². The van der Waals surface area contributed by atoms with E-state index in [0.717, 1.165) is 5.84 Å². The molecule has 3 nitrogen and oxygen atoms in total. The maximum absolute atomic E-state index is 5.76. The molecule has 1 fully saturated rings. The van der Waals surface area contributed by atoms with Gasteiger partial charge in [0.1, 0.15) is 5.84 Å². The topological polar surface area (TPSA) is 50.4 Å². The molecule has 0 spiro atoms. The van der Waals surface area contributed by atoms with Crippen molar-refractivity contribution in [1.82, 2.24) is 5.43 Å². The number of benzene rings is 1. The summed E-state index contributed by atoms with van der Waals surface area (Å²) in [5.74, 6) is 6.61. The van der Waals surface area contributed by atoms with E-state index in [-0.39, 0.29) is 0 Å². The van der Waals surface area contributed by atoms with Crippen molar-refractivity contribution in [2.45, 2.75) is 65.3 Å². The number of hydrogen-bond donors (Lipinski definition) is 2. The summed E-state index contributed by atoms with van der Waals surface area (Å²) in [6, 6.07) is 4.81. The van der Waals surface area contributed by atoms with Gasteiger partial charge in [0.25, 0.3) is 0 Å². The number of aliphatic imine (C=N–C) groups is 1. The van der Waals surface area contributed by atoms with Gasteiger partial charge >= 0.3 is 0 Å². The number of amidine groups is 1. The van der Waals surface area contributed by atoms with Crippen LogP contribution < -0.4 is 11.3 Å². The highest BCUT2D eigenvalue weighted by atomic mass is 15.3. The maximum Gasteiger partial charge on any atom is 0.143 e. The van der Waals surface area contributed by atoms with E-state index in [4.69, 9.17) is 10.8 Å². The highest BCUT2D eigenvalue weighted by Crippen LogP contribution is 2.22. The lowest BCUT2D eigenvalue weighted by Crippen LogP contribution is -2.33. The van der Waals surface area contributed by atoms with Crippen LogP contribution in [0.1, 0.15) is 60.8 Å². The quantitative estimate of drug-likeness (QED) is 0.285. The molecule has 1 aromatic rings. The number of nitrogens with zero attached hydrogens (tertiary/aromatic N) is 1. The molecule has 1 saturated carbocycles. The number of nitrogens with one attached hydrogen (secondary N) is 1. The first kappa shape index (κ1) is 15.0. The second-order valence-corrected chi connectivity index (χ2v) is 6.04. The van der Waals surface area contributed by atoms with Gasteiger partial charge in [-0.3, -0.25) is 4.99 Å². The van der Waals surface area contributed by atoms with Crippen molar-refractivity contribution >= 4 is 5.84 Å². The third kappa shape index (κ3) is 3.60. The zero-order valence-electron chi connectivity index (χ0n) is 13.0. The van der Waals surface area contributed by atoms with Crippen LogP contribution >= 0.6 is 0 Å². The monoisotopic (exact) mass is 273 g/mol. The first-order chi connectivity index (χ1) is 9.61. The van der Waals surface area contributed by atoms with Gasteiger partial charge in [-0.05, 0) is 44.7 Å². The van der Waals surface area contributed by atoms with Gasteiger partial charge in [0.15, 0.2) is 0 Å². The van der Waals surface area contributed by atoms with E-state index in [1.807, 2.05) is 0 Å². The van der Waals surface area contributed by atoms with E-state index < -0.39 is 0 Å². The molecule has 2 rings (SSSR count). The molecule has 1 aliphatic carbocycles. The molecular weight excluding hydrogens is 246 g/mol. The summed E-state index contributed by atoms with van der Waals surface area (Å²) in [5, 5.41) is 0. The SMILES string of the molecule is Cc1cc(C)c(C(=NC2CCCCCC2)NN)c(C)c1. The van der Waals surface area contributed by atoms with Gasteiger partial charge in [-0.1, -0.05) is 43.4 Å². The Labute approximate surface area is 122 Å². The normalized spacial score (nSPS) is 17.9. The molecule has 1 aliphatic rings. The molecule has 0 atom stereocenters. The fourth-order valence-corrected chi connectivity index (χ4v) is 3.30. The van der Waals surface area contributed by atoms with E-state index in [9.17, 15) is 0 Å². The van der Waals surface area contributed by atoms with Crippen molar-refractivity contribution in [3.8, 4) is 0 Å². The third-order valence-corrected chi connectivity index (χ3v) is 4.19. The Hall–Kier alpha value is -1.35. The Kier molecular flexibility index (Phi) is 5.18. The van der Waals surface area contributed by atoms with Crippen LogP contribution in [0.4, 0.5) is 0 Å². The summed E-state index contributed by atoms with van der Waals surface area (Å²) in [6.07, 6.45) is 7.65. The van der Waals surface area contributed by atoms with Gasteiger partial charge in [-0.2, -0.15) is 0 Å². The lowest BCUT2D eigenvalue weighted by molar-refractivity contribution is 0.583. The number of nitrogens with two attached hydrogens (primary N) is 1. The first-order valence-electron chi connectivity index (χ1n) is 7.74. The van der Waals surface area contributed by atoms with Crippen LogP contribution in [0.3, 0.4) is 0 Å². The van der Waals surface area contributed by atoms with Crippen LogP contribution in [-0.4, -0.2) is 11.9 Å². The summed E-state index contributed by atoms with van der Waals surface area (Å²) in [4.78, 5) is 4.92. The Balaban J connectivity index is 2.31. The number of hydrazine groups is 1. The maximum atomic E-state index is 5.76. The van der Waals surface area contributed by atoms with E-state index in [1.165, 1.54) is 60.8 Å². The number of rotatable bonds is 2. The van der Waals surface area contributed by atoms with Crippen LogP contribution in [0.5, 0.6) is 0 Å². The van der Waals surface area contributed by atoms with E-state index >= 15 is 0 Å².